The molecule has 1 atom stereocenters. The van der Waals surface area contributed by atoms with Crippen LogP contribution in [0.15, 0.2) is 48.7 Å². The van der Waals surface area contributed by atoms with Gasteiger partial charge in [0.2, 0.25) is 5.88 Å². The molecule has 1 unspecified atom stereocenters. The quantitative estimate of drug-likeness (QED) is 0.517. The maximum absolute atomic E-state index is 10.8. The van der Waals surface area contributed by atoms with Crippen molar-refractivity contribution in [1.29, 1.82) is 0 Å². The number of aromatic nitrogens is 1. The maximum atomic E-state index is 10.8. The Balaban J connectivity index is 2.11. The van der Waals surface area contributed by atoms with Gasteiger partial charge in [-0.25, -0.2) is 9.78 Å². The molecule has 6 nitrogen and oxygen atoms in total. The van der Waals surface area contributed by atoms with Crippen LogP contribution < -0.4 is 10.5 Å². The summed E-state index contributed by atoms with van der Waals surface area (Å²) in [6.45, 7) is 1.56. The fourth-order valence-electron chi connectivity index (χ4n) is 1.61. The van der Waals surface area contributed by atoms with Crippen molar-refractivity contribution in [2.45, 2.75) is 13.0 Å². The van der Waals surface area contributed by atoms with Crippen LogP contribution in [-0.4, -0.2) is 27.3 Å². The molecule has 2 rings (SSSR count). The van der Waals surface area contributed by atoms with E-state index in [4.69, 9.17) is 10.5 Å². The summed E-state index contributed by atoms with van der Waals surface area (Å²) in [7, 11) is 0. The Morgan fingerprint density at radius 1 is 1.36 bits per heavy atom. The number of urea groups is 1. The third-order valence-electron chi connectivity index (χ3n) is 2.71. The number of carbonyl (C=O) groups is 1. The van der Waals surface area contributed by atoms with Crippen molar-refractivity contribution in [2.75, 3.05) is 0 Å². The minimum absolute atomic E-state index is 0.376. The van der Waals surface area contributed by atoms with Gasteiger partial charge in [-0.1, -0.05) is 24.0 Å². The normalized spacial score (nSPS) is 11.0. The van der Waals surface area contributed by atoms with Crippen molar-refractivity contribution in [1.82, 2.24) is 10.0 Å². The lowest BCUT2D eigenvalue weighted by Crippen LogP contribution is -2.38. The van der Waals surface area contributed by atoms with Crippen molar-refractivity contribution in [3.8, 4) is 23.5 Å². The Hall–Kier alpha value is -3.04. The van der Waals surface area contributed by atoms with Crippen molar-refractivity contribution in [2.24, 2.45) is 5.73 Å². The van der Waals surface area contributed by atoms with Crippen molar-refractivity contribution in [3.05, 3.63) is 54.2 Å². The monoisotopic (exact) mass is 297 g/mol. The molecule has 1 aromatic carbocycles. The van der Waals surface area contributed by atoms with E-state index in [0.29, 0.717) is 22.3 Å². The van der Waals surface area contributed by atoms with Crippen LogP contribution in [0.25, 0.3) is 0 Å². The van der Waals surface area contributed by atoms with Crippen LogP contribution in [0, 0.1) is 11.8 Å². The van der Waals surface area contributed by atoms with Crippen LogP contribution >= 0.6 is 0 Å². The van der Waals surface area contributed by atoms with E-state index in [9.17, 15) is 10.0 Å². The molecule has 2 amide bonds. The van der Waals surface area contributed by atoms with Crippen LogP contribution in [-0.2, 0) is 0 Å². The molecule has 0 bridgehead atoms. The number of pyridine rings is 1. The number of nitrogens with two attached hydrogens (primary N) is 1. The van der Waals surface area contributed by atoms with E-state index in [1.54, 1.807) is 49.5 Å². The predicted octanol–water partition coefficient (Wildman–Crippen LogP) is 2.38. The Bertz CT molecular complexity index is 707. The molecule has 1 aromatic heterocycles. The second-order valence-corrected chi connectivity index (χ2v) is 4.43. The van der Waals surface area contributed by atoms with E-state index in [0.717, 1.165) is 0 Å². The summed E-state index contributed by atoms with van der Waals surface area (Å²) in [5.41, 5.74) is 5.64. The van der Waals surface area contributed by atoms with Crippen molar-refractivity contribution >= 4 is 6.03 Å². The van der Waals surface area contributed by atoms with E-state index < -0.39 is 12.1 Å². The van der Waals surface area contributed by atoms with Crippen LogP contribution in [0.5, 0.6) is 11.6 Å². The number of hydrogen-bond donors (Lipinski definition) is 2. The zero-order chi connectivity index (χ0) is 15.9. The highest BCUT2D eigenvalue weighted by atomic mass is 16.5. The Labute approximate surface area is 128 Å². The SMILES string of the molecule is CC(C#Cc1cccc(Oc2ccccn2)c1)N(O)C(N)=O. The number of rotatable bonds is 3. The zero-order valence-corrected chi connectivity index (χ0v) is 11.9. The summed E-state index contributed by atoms with van der Waals surface area (Å²) in [5, 5.41) is 9.72. The smallest absolute Gasteiger partial charge is 0.339 e. The number of benzene rings is 1. The molecule has 0 aliphatic heterocycles. The van der Waals surface area contributed by atoms with Gasteiger partial charge in [-0.15, -0.1) is 0 Å². The summed E-state index contributed by atoms with van der Waals surface area (Å²) >= 11 is 0. The summed E-state index contributed by atoms with van der Waals surface area (Å²) in [6, 6.07) is 10.8. The van der Waals surface area contributed by atoms with Gasteiger partial charge in [-0.2, -0.15) is 5.06 Å². The van der Waals surface area contributed by atoms with Crippen LogP contribution in [0.3, 0.4) is 0 Å². The molecule has 2 aromatic rings. The first-order valence-corrected chi connectivity index (χ1v) is 6.54. The lowest BCUT2D eigenvalue weighted by molar-refractivity contribution is -0.0536. The van der Waals surface area contributed by atoms with Crippen LogP contribution in [0.1, 0.15) is 12.5 Å². The standard InChI is InChI=1S/C16H15N3O3/c1-12(19(21)16(17)20)8-9-13-5-4-6-14(11-13)22-15-7-2-3-10-18-15/h2-7,10-12,21H,1H3,(H2,17,20). The minimum atomic E-state index is -0.950. The highest BCUT2D eigenvalue weighted by Crippen LogP contribution is 2.19. The number of primary amides is 1. The van der Waals surface area contributed by atoms with E-state index >= 15 is 0 Å². The number of carbonyl (C=O) groups excluding carboxylic acids is 1. The molecule has 1 heterocycles. The van der Waals surface area contributed by atoms with Gasteiger partial charge in [0.1, 0.15) is 11.8 Å². The summed E-state index contributed by atoms with van der Waals surface area (Å²) < 4.78 is 5.60. The summed E-state index contributed by atoms with van der Waals surface area (Å²) in [4.78, 5) is 14.9. The van der Waals surface area contributed by atoms with E-state index in [1.807, 2.05) is 6.07 Å². The third-order valence-corrected chi connectivity index (χ3v) is 2.71. The predicted molar refractivity (Wildman–Crippen MR) is 80.3 cm³/mol. The van der Waals surface area contributed by atoms with Gasteiger partial charge in [0, 0.05) is 17.8 Å². The molecular formula is C16H15N3O3. The molecular weight excluding hydrogens is 282 g/mol. The van der Waals surface area contributed by atoms with Crippen molar-refractivity contribution in [3.63, 3.8) is 0 Å². The number of ether oxygens (including phenoxy) is 1. The Morgan fingerprint density at radius 2 is 2.18 bits per heavy atom. The van der Waals surface area contributed by atoms with Gasteiger partial charge in [-0.3, -0.25) is 5.21 Å². The molecule has 6 heteroatoms. The molecule has 0 saturated heterocycles. The molecule has 112 valence electrons. The molecule has 0 aliphatic carbocycles. The van der Waals surface area contributed by atoms with E-state index in [2.05, 4.69) is 16.8 Å². The number of hydrogen-bond acceptors (Lipinski definition) is 4. The molecule has 22 heavy (non-hydrogen) atoms. The topological polar surface area (TPSA) is 88.7 Å². The molecule has 0 fully saturated rings. The summed E-state index contributed by atoms with van der Waals surface area (Å²) in [5.74, 6) is 6.65. The first-order chi connectivity index (χ1) is 10.6. The third kappa shape index (κ3) is 4.23. The Kier molecular flexibility index (Phi) is 4.96. The van der Waals surface area contributed by atoms with E-state index in [-0.39, 0.29) is 0 Å². The lowest BCUT2D eigenvalue weighted by atomic mass is 10.2. The highest BCUT2D eigenvalue weighted by Gasteiger charge is 2.11. The second-order valence-electron chi connectivity index (χ2n) is 4.43. The first-order valence-electron chi connectivity index (χ1n) is 6.54. The number of nitrogens with zero attached hydrogens (tertiary/aromatic N) is 2. The second kappa shape index (κ2) is 7.11. The molecule has 0 radical (unpaired) electrons. The zero-order valence-electron chi connectivity index (χ0n) is 11.9. The molecule has 0 aliphatic rings. The summed E-state index contributed by atoms with van der Waals surface area (Å²) in [6.07, 6.45) is 1.64. The van der Waals surface area contributed by atoms with Crippen LogP contribution in [0.2, 0.25) is 0 Å². The minimum Gasteiger partial charge on any atom is -0.439 e. The highest BCUT2D eigenvalue weighted by molar-refractivity contribution is 5.71. The van der Waals surface area contributed by atoms with Crippen LogP contribution in [0.4, 0.5) is 4.79 Å². The molecule has 0 spiro atoms. The average Bonchev–Trinajstić information content (AvgIpc) is 2.53. The average molecular weight is 297 g/mol. The van der Waals surface area contributed by atoms with Crippen molar-refractivity contribution < 1.29 is 14.7 Å². The van der Waals surface area contributed by atoms with E-state index in [1.165, 1.54) is 0 Å². The van der Waals surface area contributed by atoms with Gasteiger partial charge < -0.3 is 10.5 Å². The lowest BCUT2D eigenvalue weighted by Gasteiger charge is -2.14. The molecule has 0 saturated carbocycles. The van der Waals surface area contributed by atoms with Gasteiger partial charge in [0.05, 0.1) is 0 Å². The number of amides is 2. The van der Waals surface area contributed by atoms with Gasteiger partial charge >= 0.3 is 6.03 Å². The Morgan fingerprint density at radius 3 is 2.86 bits per heavy atom. The molecule has 3 N–H and O–H groups in total. The van der Waals surface area contributed by atoms with Gasteiger partial charge in [0.15, 0.2) is 0 Å². The maximum Gasteiger partial charge on any atom is 0.339 e. The van der Waals surface area contributed by atoms with Gasteiger partial charge in [0.25, 0.3) is 0 Å². The largest absolute Gasteiger partial charge is 0.439 e. The fraction of sp³-hybridized carbons (Fsp3) is 0.125. The van der Waals surface area contributed by atoms with Gasteiger partial charge in [-0.05, 0) is 31.2 Å². The fourth-order valence-corrected chi connectivity index (χ4v) is 1.61. The first kappa shape index (κ1) is 15.4. The number of hydroxylamine groups is 2.